The molecule has 0 fully saturated rings. The van der Waals surface area contributed by atoms with Gasteiger partial charge in [0.2, 0.25) is 0 Å². The summed E-state index contributed by atoms with van der Waals surface area (Å²) in [5.74, 6) is 0. The summed E-state index contributed by atoms with van der Waals surface area (Å²) in [6.45, 7) is 0.704. The molecule has 0 radical (unpaired) electrons. The van der Waals surface area contributed by atoms with Crippen molar-refractivity contribution in [3.63, 3.8) is 0 Å². The first-order valence-corrected chi connectivity index (χ1v) is 6.35. The van der Waals surface area contributed by atoms with Gasteiger partial charge in [0.15, 0.2) is 0 Å². The van der Waals surface area contributed by atoms with Crippen LogP contribution in [0.15, 0.2) is 61.2 Å². The fourth-order valence-electron chi connectivity index (χ4n) is 1.97. The summed E-state index contributed by atoms with van der Waals surface area (Å²) in [6, 6.07) is 15.9. The second-order valence-electron chi connectivity index (χ2n) is 4.44. The van der Waals surface area contributed by atoms with Crippen LogP contribution < -0.4 is 11.1 Å². The van der Waals surface area contributed by atoms with Gasteiger partial charge in [-0.2, -0.15) is 5.10 Å². The molecule has 1 heterocycles. The van der Waals surface area contributed by atoms with Crippen molar-refractivity contribution < 1.29 is 0 Å². The van der Waals surface area contributed by atoms with Crippen LogP contribution in [-0.2, 0) is 6.54 Å². The van der Waals surface area contributed by atoms with E-state index in [1.807, 2.05) is 48.5 Å². The molecule has 100 valence electrons. The van der Waals surface area contributed by atoms with Gasteiger partial charge in [-0.1, -0.05) is 18.2 Å². The van der Waals surface area contributed by atoms with E-state index in [-0.39, 0.29) is 0 Å². The van der Waals surface area contributed by atoms with Crippen molar-refractivity contribution in [3.8, 4) is 5.69 Å². The maximum absolute atomic E-state index is 5.91. The second kappa shape index (κ2) is 5.44. The van der Waals surface area contributed by atoms with Gasteiger partial charge in [0.25, 0.3) is 0 Å². The highest BCUT2D eigenvalue weighted by atomic mass is 15.3. The summed E-state index contributed by atoms with van der Waals surface area (Å²) in [6.07, 6.45) is 3.19. The van der Waals surface area contributed by atoms with Gasteiger partial charge in [0.1, 0.15) is 12.7 Å². The van der Waals surface area contributed by atoms with E-state index in [0.29, 0.717) is 6.54 Å². The van der Waals surface area contributed by atoms with Gasteiger partial charge in [0.05, 0.1) is 5.69 Å². The molecular formula is C15H15N5. The van der Waals surface area contributed by atoms with E-state index in [1.54, 1.807) is 11.0 Å². The molecule has 20 heavy (non-hydrogen) atoms. The summed E-state index contributed by atoms with van der Waals surface area (Å²) >= 11 is 0. The van der Waals surface area contributed by atoms with Crippen molar-refractivity contribution in [3.05, 3.63) is 66.7 Å². The predicted molar refractivity (Wildman–Crippen MR) is 79.5 cm³/mol. The normalized spacial score (nSPS) is 10.4. The van der Waals surface area contributed by atoms with Crippen LogP contribution in [0.2, 0.25) is 0 Å². The number of rotatable bonds is 4. The lowest BCUT2D eigenvalue weighted by Gasteiger charge is -2.09. The van der Waals surface area contributed by atoms with E-state index in [0.717, 1.165) is 22.6 Å². The Hall–Kier alpha value is -2.82. The van der Waals surface area contributed by atoms with E-state index in [4.69, 9.17) is 5.73 Å². The number of nitrogens with zero attached hydrogens (tertiary/aromatic N) is 3. The van der Waals surface area contributed by atoms with E-state index in [1.165, 1.54) is 6.33 Å². The lowest BCUT2D eigenvalue weighted by molar-refractivity contribution is 0.879. The first-order valence-electron chi connectivity index (χ1n) is 6.35. The Morgan fingerprint density at radius 1 is 1.05 bits per heavy atom. The molecule has 2 aromatic carbocycles. The molecule has 0 bridgehead atoms. The van der Waals surface area contributed by atoms with Crippen LogP contribution in [0.3, 0.4) is 0 Å². The third-order valence-corrected chi connectivity index (χ3v) is 3.09. The smallest absolute Gasteiger partial charge is 0.138 e. The molecule has 0 unspecified atom stereocenters. The van der Waals surface area contributed by atoms with Crippen LogP contribution in [0.25, 0.3) is 5.69 Å². The highest BCUT2D eigenvalue weighted by molar-refractivity contribution is 5.52. The molecule has 0 aliphatic carbocycles. The number of para-hydroxylation sites is 1. The molecule has 3 aromatic rings. The Labute approximate surface area is 117 Å². The molecule has 1 aromatic heterocycles. The fraction of sp³-hybridized carbons (Fsp3) is 0.0667. The Balaban J connectivity index is 1.68. The van der Waals surface area contributed by atoms with Crippen LogP contribution >= 0.6 is 0 Å². The summed E-state index contributed by atoms with van der Waals surface area (Å²) < 4.78 is 1.72. The van der Waals surface area contributed by atoms with Crippen LogP contribution in [0.1, 0.15) is 5.56 Å². The van der Waals surface area contributed by atoms with Crippen molar-refractivity contribution >= 4 is 11.4 Å². The number of nitrogen functional groups attached to an aromatic ring is 1. The minimum absolute atomic E-state index is 0.704. The van der Waals surface area contributed by atoms with E-state index in [2.05, 4.69) is 15.4 Å². The summed E-state index contributed by atoms with van der Waals surface area (Å²) in [7, 11) is 0. The van der Waals surface area contributed by atoms with Crippen molar-refractivity contribution in [1.29, 1.82) is 0 Å². The van der Waals surface area contributed by atoms with Gasteiger partial charge in [-0.05, 0) is 35.9 Å². The molecule has 0 aliphatic heterocycles. The highest BCUT2D eigenvalue weighted by Crippen LogP contribution is 2.15. The van der Waals surface area contributed by atoms with Crippen molar-refractivity contribution in [2.45, 2.75) is 6.54 Å². The fourth-order valence-corrected chi connectivity index (χ4v) is 1.97. The van der Waals surface area contributed by atoms with E-state index in [9.17, 15) is 0 Å². The Morgan fingerprint density at radius 2 is 1.85 bits per heavy atom. The molecule has 0 saturated heterocycles. The maximum atomic E-state index is 5.91. The lowest BCUT2D eigenvalue weighted by atomic mass is 10.2. The first kappa shape index (κ1) is 12.2. The molecule has 5 nitrogen and oxygen atoms in total. The van der Waals surface area contributed by atoms with E-state index < -0.39 is 0 Å². The van der Waals surface area contributed by atoms with Gasteiger partial charge in [-0.25, -0.2) is 9.67 Å². The van der Waals surface area contributed by atoms with Gasteiger partial charge in [-0.15, -0.1) is 0 Å². The van der Waals surface area contributed by atoms with Crippen LogP contribution in [0.4, 0.5) is 11.4 Å². The second-order valence-corrected chi connectivity index (χ2v) is 4.44. The largest absolute Gasteiger partial charge is 0.398 e. The standard InChI is InChI=1S/C15H15N5/c16-15-4-2-1-3-12(15)9-18-13-5-7-14(8-6-13)20-11-17-10-19-20/h1-8,10-11,18H,9,16H2. The molecular weight excluding hydrogens is 250 g/mol. The van der Waals surface area contributed by atoms with Crippen LogP contribution in [0.5, 0.6) is 0 Å². The average molecular weight is 265 g/mol. The zero-order valence-corrected chi connectivity index (χ0v) is 10.9. The quantitative estimate of drug-likeness (QED) is 0.711. The number of hydrogen-bond donors (Lipinski definition) is 2. The van der Waals surface area contributed by atoms with Crippen LogP contribution in [0, 0.1) is 0 Å². The summed E-state index contributed by atoms with van der Waals surface area (Å²) in [5, 5.41) is 7.44. The van der Waals surface area contributed by atoms with Gasteiger partial charge in [-0.3, -0.25) is 0 Å². The number of nitrogens with two attached hydrogens (primary N) is 1. The molecule has 0 spiro atoms. The molecule has 0 aliphatic rings. The van der Waals surface area contributed by atoms with Crippen LogP contribution in [-0.4, -0.2) is 14.8 Å². The molecule has 5 heteroatoms. The third kappa shape index (κ3) is 2.61. The molecule has 3 rings (SSSR count). The summed E-state index contributed by atoms with van der Waals surface area (Å²) in [4.78, 5) is 3.93. The van der Waals surface area contributed by atoms with E-state index >= 15 is 0 Å². The monoisotopic (exact) mass is 265 g/mol. The number of hydrogen-bond acceptors (Lipinski definition) is 4. The Bertz CT molecular complexity index is 674. The van der Waals surface area contributed by atoms with Crippen molar-refractivity contribution in [2.24, 2.45) is 0 Å². The number of anilines is 2. The molecule has 0 atom stereocenters. The lowest BCUT2D eigenvalue weighted by Crippen LogP contribution is -2.03. The topological polar surface area (TPSA) is 68.8 Å². The number of benzene rings is 2. The first-order chi connectivity index (χ1) is 9.83. The van der Waals surface area contributed by atoms with Gasteiger partial charge in [0, 0.05) is 17.9 Å². The van der Waals surface area contributed by atoms with Gasteiger partial charge < -0.3 is 11.1 Å². The highest BCUT2D eigenvalue weighted by Gasteiger charge is 1.99. The zero-order valence-electron chi connectivity index (χ0n) is 10.9. The minimum Gasteiger partial charge on any atom is -0.398 e. The molecule has 3 N–H and O–H groups in total. The maximum Gasteiger partial charge on any atom is 0.138 e. The van der Waals surface area contributed by atoms with Crippen molar-refractivity contribution in [2.75, 3.05) is 11.1 Å². The Kier molecular flexibility index (Phi) is 3.33. The minimum atomic E-state index is 0.704. The predicted octanol–water partition coefficient (Wildman–Crippen LogP) is 2.46. The Morgan fingerprint density at radius 3 is 2.55 bits per heavy atom. The third-order valence-electron chi connectivity index (χ3n) is 3.09. The average Bonchev–Trinajstić information content (AvgIpc) is 3.01. The zero-order chi connectivity index (χ0) is 13.8. The van der Waals surface area contributed by atoms with Gasteiger partial charge >= 0.3 is 0 Å². The number of nitrogens with one attached hydrogen (secondary N) is 1. The summed E-state index contributed by atoms with van der Waals surface area (Å²) in [5.41, 5.74) is 9.83. The SMILES string of the molecule is Nc1ccccc1CNc1ccc(-n2cncn2)cc1. The van der Waals surface area contributed by atoms with Crippen molar-refractivity contribution in [1.82, 2.24) is 14.8 Å². The number of aromatic nitrogens is 3. The molecule has 0 saturated carbocycles. The molecule has 0 amide bonds.